The van der Waals surface area contributed by atoms with Crippen LogP contribution in [0.4, 0.5) is 23.2 Å². The number of aromatic nitrogens is 2. The Morgan fingerprint density at radius 1 is 1.03 bits per heavy atom. The fraction of sp³-hybridized carbons (Fsp3) is 0.190. The van der Waals surface area contributed by atoms with Crippen molar-refractivity contribution in [2.75, 3.05) is 11.9 Å². The average Bonchev–Trinajstić information content (AvgIpc) is 2.68. The first kappa shape index (κ1) is 21.2. The lowest BCUT2D eigenvalue weighted by molar-refractivity contribution is -0.137. The fourth-order valence-electron chi connectivity index (χ4n) is 2.64. The molecule has 1 aromatic heterocycles. The molecule has 3 aromatic rings. The number of aryl methyl sites for hydroxylation is 2. The van der Waals surface area contributed by atoms with Gasteiger partial charge in [0.25, 0.3) is 5.91 Å². The van der Waals surface area contributed by atoms with E-state index in [4.69, 9.17) is 4.74 Å². The zero-order valence-electron chi connectivity index (χ0n) is 16.0. The van der Waals surface area contributed by atoms with Gasteiger partial charge in [-0.1, -0.05) is 12.1 Å². The van der Waals surface area contributed by atoms with Crippen LogP contribution in [0.2, 0.25) is 0 Å². The van der Waals surface area contributed by atoms with Crippen molar-refractivity contribution in [1.29, 1.82) is 0 Å². The van der Waals surface area contributed by atoms with E-state index in [-0.39, 0.29) is 18.3 Å². The van der Waals surface area contributed by atoms with E-state index < -0.39 is 23.5 Å². The van der Waals surface area contributed by atoms with Crippen LogP contribution in [0.25, 0.3) is 11.4 Å². The largest absolute Gasteiger partial charge is 0.467 e. The van der Waals surface area contributed by atoms with E-state index in [1.54, 1.807) is 13.8 Å². The fourth-order valence-corrected chi connectivity index (χ4v) is 2.64. The predicted molar refractivity (Wildman–Crippen MR) is 102 cm³/mol. The molecule has 0 fully saturated rings. The number of ether oxygens (including phenoxy) is 1. The molecule has 0 aliphatic heterocycles. The second-order valence-electron chi connectivity index (χ2n) is 6.54. The number of anilines is 1. The Kier molecular flexibility index (Phi) is 6.00. The van der Waals surface area contributed by atoms with Crippen molar-refractivity contribution in [2.24, 2.45) is 0 Å². The summed E-state index contributed by atoms with van der Waals surface area (Å²) in [5.41, 5.74) is 1.14. The van der Waals surface area contributed by atoms with Crippen molar-refractivity contribution in [3.63, 3.8) is 0 Å². The standard InChI is InChI=1S/C21H17F4N3O2/c1-12-9-16(22)7-8-17(12)27-18(29)11-30-19-10-13(2)26-20(28-19)14-3-5-15(6-4-14)21(23,24)25/h3-10H,11H2,1-2H3,(H,27,29). The van der Waals surface area contributed by atoms with E-state index in [0.29, 0.717) is 22.5 Å². The molecule has 0 saturated carbocycles. The number of amides is 1. The summed E-state index contributed by atoms with van der Waals surface area (Å²) in [4.78, 5) is 20.5. The molecule has 0 bridgehead atoms. The van der Waals surface area contributed by atoms with E-state index in [1.807, 2.05) is 0 Å². The third kappa shape index (κ3) is 5.31. The number of hydrogen-bond donors (Lipinski definition) is 1. The molecule has 2 aromatic carbocycles. The normalized spacial score (nSPS) is 11.3. The lowest BCUT2D eigenvalue weighted by Crippen LogP contribution is -2.21. The van der Waals surface area contributed by atoms with Gasteiger partial charge >= 0.3 is 6.18 Å². The molecule has 30 heavy (non-hydrogen) atoms. The number of carbonyl (C=O) groups excluding carboxylic acids is 1. The monoisotopic (exact) mass is 419 g/mol. The molecular weight excluding hydrogens is 402 g/mol. The van der Waals surface area contributed by atoms with Gasteiger partial charge in [-0.2, -0.15) is 18.2 Å². The minimum absolute atomic E-state index is 0.100. The van der Waals surface area contributed by atoms with Crippen LogP contribution in [0.15, 0.2) is 48.5 Å². The van der Waals surface area contributed by atoms with E-state index >= 15 is 0 Å². The number of carbonyl (C=O) groups is 1. The lowest BCUT2D eigenvalue weighted by atomic mass is 10.1. The van der Waals surface area contributed by atoms with Crippen molar-refractivity contribution in [1.82, 2.24) is 9.97 Å². The summed E-state index contributed by atoms with van der Waals surface area (Å²) < 4.78 is 56.7. The van der Waals surface area contributed by atoms with Crippen LogP contribution < -0.4 is 10.1 Å². The Morgan fingerprint density at radius 2 is 1.73 bits per heavy atom. The van der Waals surface area contributed by atoms with Gasteiger partial charge in [0, 0.05) is 23.0 Å². The van der Waals surface area contributed by atoms with Crippen molar-refractivity contribution in [3.05, 3.63) is 71.2 Å². The molecular formula is C21H17F4N3O2. The molecule has 0 saturated heterocycles. The maximum atomic E-state index is 13.1. The number of rotatable bonds is 5. The van der Waals surface area contributed by atoms with Crippen molar-refractivity contribution in [2.45, 2.75) is 20.0 Å². The molecule has 9 heteroatoms. The number of benzene rings is 2. The number of nitrogens with one attached hydrogen (secondary N) is 1. The number of nitrogens with zero attached hydrogens (tertiary/aromatic N) is 2. The molecule has 1 amide bonds. The molecule has 0 atom stereocenters. The first-order valence-electron chi connectivity index (χ1n) is 8.84. The Balaban J connectivity index is 1.70. The SMILES string of the molecule is Cc1cc(OCC(=O)Nc2ccc(F)cc2C)nc(-c2ccc(C(F)(F)F)cc2)n1. The van der Waals surface area contributed by atoms with E-state index in [9.17, 15) is 22.4 Å². The molecule has 0 spiro atoms. The summed E-state index contributed by atoms with van der Waals surface area (Å²) in [6.45, 7) is 2.97. The average molecular weight is 419 g/mol. The van der Waals surface area contributed by atoms with Crippen LogP contribution in [0.1, 0.15) is 16.8 Å². The highest BCUT2D eigenvalue weighted by Gasteiger charge is 2.30. The van der Waals surface area contributed by atoms with Gasteiger partial charge in [0.1, 0.15) is 5.82 Å². The molecule has 5 nitrogen and oxygen atoms in total. The first-order valence-corrected chi connectivity index (χ1v) is 8.84. The van der Waals surface area contributed by atoms with Crippen LogP contribution in [0, 0.1) is 19.7 Å². The van der Waals surface area contributed by atoms with Gasteiger partial charge in [-0.05, 0) is 49.7 Å². The summed E-state index contributed by atoms with van der Waals surface area (Å²) in [6.07, 6.45) is -4.43. The van der Waals surface area contributed by atoms with E-state index in [1.165, 1.54) is 36.4 Å². The van der Waals surface area contributed by atoms with Gasteiger partial charge in [0.2, 0.25) is 5.88 Å². The van der Waals surface area contributed by atoms with Gasteiger partial charge in [0.05, 0.1) is 5.56 Å². The Bertz CT molecular complexity index is 1070. The Labute approximate surface area is 169 Å². The summed E-state index contributed by atoms with van der Waals surface area (Å²) in [5.74, 6) is -0.608. The van der Waals surface area contributed by atoms with Gasteiger partial charge in [0.15, 0.2) is 12.4 Å². The van der Waals surface area contributed by atoms with Crippen LogP contribution in [0.5, 0.6) is 5.88 Å². The van der Waals surface area contributed by atoms with Crippen molar-refractivity contribution >= 4 is 11.6 Å². The van der Waals surface area contributed by atoms with Gasteiger partial charge < -0.3 is 10.1 Å². The van der Waals surface area contributed by atoms with E-state index in [0.717, 1.165) is 12.1 Å². The van der Waals surface area contributed by atoms with Gasteiger partial charge in [-0.25, -0.2) is 9.37 Å². The van der Waals surface area contributed by atoms with Gasteiger partial charge in [-0.3, -0.25) is 4.79 Å². The predicted octanol–water partition coefficient (Wildman–Crippen LogP) is 4.94. The summed E-state index contributed by atoms with van der Waals surface area (Å²) in [6, 6.07) is 9.90. The van der Waals surface area contributed by atoms with Crippen LogP contribution in [-0.2, 0) is 11.0 Å². The Hall–Kier alpha value is -3.49. The zero-order chi connectivity index (χ0) is 21.9. The molecule has 0 unspecified atom stereocenters. The maximum absolute atomic E-state index is 13.1. The zero-order valence-corrected chi connectivity index (χ0v) is 16.0. The number of hydrogen-bond acceptors (Lipinski definition) is 4. The minimum Gasteiger partial charge on any atom is -0.467 e. The highest BCUT2D eigenvalue weighted by atomic mass is 19.4. The smallest absolute Gasteiger partial charge is 0.416 e. The van der Waals surface area contributed by atoms with Crippen molar-refractivity contribution < 1.29 is 27.1 Å². The Morgan fingerprint density at radius 3 is 2.37 bits per heavy atom. The van der Waals surface area contributed by atoms with Crippen LogP contribution >= 0.6 is 0 Å². The minimum atomic E-state index is -4.43. The van der Waals surface area contributed by atoms with Crippen LogP contribution in [0.3, 0.4) is 0 Å². The van der Waals surface area contributed by atoms with Crippen LogP contribution in [-0.4, -0.2) is 22.5 Å². The van der Waals surface area contributed by atoms with Crippen molar-refractivity contribution in [3.8, 4) is 17.3 Å². The summed E-state index contributed by atoms with van der Waals surface area (Å²) in [7, 11) is 0. The number of halogens is 4. The molecule has 1 N–H and O–H groups in total. The highest BCUT2D eigenvalue weighted by molar-refractivity contribution is 5.92. The second-order valence-corrected chi connectivity index (χ2v) is 6.54. The number of alkyl halides is 3. The highest BCUT2D eigenvalue weighted by Crippen LogP contribution is 2.30. The first-order chi connectivity index (χ1) is 14.1. The third-order valence-electron chi connectivity index (χ3n) is 4.11. The molecule has 3 rings (SSSR count). The maximum Gasteiger partial charge on any atom is 0.416 e. The quantitative estimate of drug-likeness (QED) is 0.596. The van der Waals surface area contributed by atoms with E-state index in [2.05, 4.69) is 15.3 Å². The third-order valence-corrected chi connectivity index (χ3v) is 4.11. The molecule has 0 radical (unpaired) electrons. The molecule has 1 heterocycles. The topological polar surface area (TPSA) is 64.1 Å². The molecule has 0 aliphatic rings. The molecule has 156 valence electrons. The second kappa shape index (κ2) is 8.48. The van der Waals surface area contributed by atoms with Gasteiger partial charge in [-0.15, -0.1) is 0 Å². The summed E-state index contributed by atoms with van der Waals surface area (Å²) >= 11 is 0. The lowest BCUT2D eigenvalue weighted by Gasteiger charge is -2.11. The molecule has 0 aliphatic carbocycles. The summed E-state index contributed by atoms with van der Waals surface area (Å²) in [5, 5.41) is 2.61.